The SMILES string of the molecule is C=CCOc1cccc(/C=C2\SC(=O)N(Cc3cccc(C)c3)C2=O)c1. The summed E-state index contributed by atoms with van der Waals surface area (Å²) in [5.74, 6) is 0.427. The average Bonchev–Trinajstić information content (AvgIpc) is 2.88. The molecule has 0 aliphatic carbocycles. The molecule has 1 saturated heterocycles. The fourth-order valence-electron chi connectivity index (χ4n) is 2.63. The van der Waals surface area contributed by atoms with Crippen molar-refractivity contribution < 1.29 is 14.3 Å². The zero-order chi connectivity index (χ0) is 18.5. The Hall–Kier alpha value is -2.79. The Kier molecular flexibility index (Phi) is 5.58. The van der Waals surface area contributed by atoms with Crippen molar-refractivity contribution in [3.8, 4) is 5.75 Å². The summed E-state index contributed by atoms with van der Waals surface area (Å²) in [5, 5.41) is -0.248. The second kappa shape index (κ2) is 8.06. The third-order valence-electron chi connectivity index (χ3n) is 3.82. The summed E-state index contributed by atoms with van der Waals surface area (Å²) in [5.41, 5.74) is 2.85. The number of thioether (sulfide) groups is 1. The molecule has 2 aromatic rings. The van der Waals surface area contributed by atoms with E-state index in [1.54, 1.807) is 12.2 Å². The minimum Gasteiger partial charge on any atom is -0.490 e. The second-order valence-corrected chi connectivity index (χ2v) is 6.92. The van der Waals surface area contributed by atoms with Crippen LogP contribution >= 0.6 is 11.8 Å². The van der Waals surface area contributed by atoms with Crippen LogP contribution in [0.25, 0.3) is 6.08 Å². The molecule has 1 aliphatic rings. The highest BCUT2D eigenvalue weighted by atomic mass is 32.2. The van der Waals surface area contributed by atoms with Gasteiger partial charge in [-0.1, -0.05) is 54.6 Å². The van der Waals surface area contributed by atoms with Crippen molar-refractivity contribution in [3.63, 3.8) is 0 Å². The summed E-state index contributed by atoms with van der Waals surface area (Å²) in [6, 6.07) is 15.2. The molecule has 0 bridgehead atoms. The predicted octanol–water partition coefficient (Wildman–Crippen LogP) is 4.80. The maximum Gasteiger partial charge on any atom is 0.293 e. The number of aryl methyl sites for hydroxylation is 1. The molecule has 1 fully saturated rings. The van der Waals surface area contributed by atoms with Gasteiger partial charge in [0, 0.05) is 0 Å². The number of amides is 2. The minimum atomic E-state index is -0.265. The van der Waals surface area contributed by atoms with Crippen LogP contribution in [-0.2, 0) is 11.3 Å². The number of carbonyl (C=O) groups excluding carboxylic acids is 2. The van der Waals surface area contributed by atoms with Crippen LogP contribution < -0.4 is 4.74 Å². The Morgan fingerprint density at radius 3 is 2.73 bits per heavy atom. The van der Waals surface area contributed by atoms with Gasteiger partial charge in [0.1, 0.15) is 12.4 Å². The average molecular weight is 365 g/mol. The number of rotatable bonds is 6. The molecule has 0 spiro atoms. The van der Waals surface area contributed by atoms with Crippen molar-refractivity contribution in [1.82, 2.24) is 4.90 Å². The summed E-state index contributed by atoms with van der Waals surface area (Å²) in [6.45, 7) is 6.30. The molecular weight excluding hydrogens is 346 g/mol. The monoisotopic (exact) mass is 365 g/mol. The summed E-state index contributed by atoms with van der Waals surface area (Å²) in [7, 11) is 0. The quantitative estimate of drug-likeness (QED) is 0.545. The van der Waals surface area contributed by atoms with Gasteiger partial charge in [0.25, 0.3) is 11.1 Å². The molecule has 0 unspecified atom stereocenters. The number of carbonyl (C=O) groups is 2. The van der Waals surface area contributed by atoms with Crippen LogP contribution in [-0.4, -0.2) is 22.7 Å². The van der Waals surface area contributed by atoms with Gasteiger partial charge in [-0.2, -0.15) is 0 Å². The first kappa shape index (κ1) is 18.0. The minimum absolute atomic E-state index is 0.248. The highest BCUT2D eigenvalue weighted by Gasteiger charge is 2.34. The number of imide groups is 1. The Balaban J connectivity index is 1.77. The molecule has 0 N–H and O–H groups in total. The molecule has 26 heavy (non-hydrogen) atoms. The van der Waals surface area contributed by atoms with Crippen molar-refractivity contribution in [2.24, 2.45) is 0 Å². The molecule has 0 atom stereocenters. The first-order chi connectivity index (χ1) is 12.6. The molecule has 0 radical (unpaired) electrons. The smallest absolute Gasteiger partial charge is 0.293 e. The zero-order valence-corrected chi connectivity index (χ0v) is 15.3. The summed E-state index contributed by atoms with van der Waals surface area (Å²) >= 11 is 0.965. The molecule has 1 heterocycles. The van der Waals surface area contributed by atoms with Crippen LogP contribution in [0, 0.1) is 6.92 Å². The van der Waals surface area contributed by atoms with Crippen LogP contribution in [0.4, 0.5) is 4.79 Å². The third-order valence-corrected chi connectivity index (χ3v) is 4.73. The third kappa shape index (κ3) is 4.24. The molecule has 0 aromatic heterocycles. The number of nitrogens with zero attached hydrogens (tertiary/aromatic N) is 1. The summed E-state index contributed by atoms with van der Waals surface area (Å²) in [4.78, 5) is 26.6. The largest absolute Gasteiger partial charge is 0.490 e. The predicted molar refractivity (Wildman–Crippen MR) is 105 cm³/mol. The van der Waals surface area contributed by atoms with Crippen LogP contribution in [0.1, 0.15) is 16.7 Å². The van der Waals surface area contributed by atoms with Gasteiger partial charge in [-0.3, -0.25) is 14.5 Å². The number of hydrogen-bond donors (Lipinski definition) is 0. The summed E-state index contributed by atoms with van der Waals surface area (Å²) < 4.78 is 5.50. The van der Waals surface area contributed by atoms with Gasteiger partial charge in [-0.15, -0.1) is 0 Å². The highest BCUT2D eigenvalue weighted by Crippen LogP contribution is 2.33. The second-order valence-electron chi connectivity index (χ2n) is 5.93. The molecule has 132 valence electrons. The molecule has 5 heteroatoms. The number of hydrogen-bond acceptors (Lipinski definition) is 4. The number of ether oxygens (including phenoxy) is 1. The molecule has 3 rings (SSSR count). The van der Waals surface area contributed by atoms with E-state index in [1.807, 2.05) is 55.5 Å². The Bertz CT molecular complexity index is 888. The Morgan fingerprint density at radius 1 is 1.15 bits per heavy atom. The van der Waals surface area contributed by atoms with Gasteiger partial charge in [0.05, 0.1) is 11.4 Å². The molecule has 1 aliphatic heterocycles. The van der Waals surface area contributed by atoms with E-state index in [4.69, 9.17) is 4.74 Å². The van der Waals surface area contributed by atoms with Crippen molar-refractivity contribution in [2.45, 2.75) is 13.5 Å². The maximum atomic E-state index is 12.6. The van der Waals surface area contributed by atoms with Crippen LogP contribution in [0.15, 0.2) is 66.1 Å². The molecular formula is C21H19NO3S. The first-order valence-electron chi connectivity index (χ1n) is 8.21. The van der Waals surface area contributed by atoms with Gasteiger partial charge < -0.3 is 4.74 Å². The van der Waals surface area contributed by atoms with E-state index < -0.39 is 0 Å². The lowest BCUT2D eigenvalue weighted by Gasteiger charge is -2.12. The van der Waals surface area contributed by atoms with Crippen LogP contribution in [0.5, 0.6) is 5.75 Å². The lowest BCUT2D eigenvalue weighted by Crippen LogP contribution is -2.27. The van der Waals surface area contributed by atoms with Crippen molar-refractivity contribution in [2.75, 3.05) is 6.61 Å². The van der Waals surface area contributed by atoms with Crippen LogP contribution in [0.3, 0.4) is 0 Å². The van der Waals surface area contributed by atoms with Gasteiger partial charge in [-0.05, 0) is 48.0 Å². The Morgan fingerprint density at radius 2 is 1.96 bits per heavy atom. The van der Waals surface area contributed by atoms with Crippen molar-refractivity contribution in [1.29, 1.82) is 0 Å². The fourth-order valence-corrected chi connectivity index (χ4v) is 3.47. The topological polar surface area (TPSA) is 46.6 Å². The molecule has 2 amide bonds. The van der Waals surface area contributed by atoms with Crippen molar-refractivity contribution in [3.05, 3.63) is 82.8 Å². The van der Waals surface area contributed by atoms with E-state index >= 15 is 0 Å². The van der Waals surface area contributed by atoms with E-state index in [1.165, 1.54) is 4.90 Å². The first-order valence-corrected chi connectivity index (χ1v) is 9.03. The highest BCUT2D eigenvalue weighted by molar-refractivity contribution is 8.18. The zero-order valence-electron chi connectivity index (χ0n) is 14.5. The van der Waals surface area contributed by atoms with Gasteiger partial charge in [0.2, 0.25) is 0 Å². The fraction of sp³-hybridized carbons (Fsp3) is 0.143. The van der Waals surface area contributed by atoms with E-state index in [2.05, 4.69) is 6.58 Å². The standard InChI is InChI=1S/C21H19NO3S/c1-3-10-25-18-9-5-7-16(12-18)13-19-20(23)22(21(24)26-19)14-17-8-4-6-15(2)11-17/h3-9,11-13H,1,10,14H2,2H3/b19-13-. The van der Waals surface area contributed by atoms with E-state index in [9.17, 15) is 9.59 Å². The normalized spacial score (nSPS) is 15.6. The van der Waals surface area contributed by atoms with Gasteiger partial charge in [0.15, 0.2) is 0 Å². The van der Waals surface area contributed by atoms with E-state index in [0.717, 1.165) is 28.5 Å². The van der Waals surface area contributed by atoms with Gasteiger partial charge in [-0.25, -0.2) is 0 Å². The molecule has 0 saturated carbocycles. The summed E-state index contributed by atoms with van der Waals surface area (Å²) in [6.07, 6.45) is 3.39. The van der Waals surface area contributed by atoms with E-state index in [0.29, 0.717) is 17.3 Å². The van der Waals surface area contributed by atoms with Crippen molar-refractivity contribution >= 4 is 29.0 Å². The van der Waals surface area contributed by atoms with Gasteiger partial charge >= 0.3 is 0 Å². The Labute approximate surface area is 157 Å². The molecule has 4 nitrogen and oxygen atoms in total. The maximum absolute atomic E-state index is 12.6. The lowest BCUT2D eigenvalue weighted by atomic mass is 10.1. The van der Waals surface area contributed by atoms with E-state index in [-0.39, 0.29) is 17.7 Å². The van der Waals surface area contributed by atoms with Crippen LogP contribution in [0.2, 0.25) is 0 Å². The lowest BCUT2D eigenvalue weighted by molar-refractivity contribution is -0.123. The number of benzene rings is 2. The molecule has 2 aromatic carbocycles.